The number of nitrogens with zero attached hydrogens (tertiary/aromatic N) is 3. The first-order valence-electron chi connectivity index (χ1n) is 7.73. The maximum Gasteiger partial charge on any atom is 0.227 e. The zero-order valence-corrected chi connectivity index (χ0v) is 15.0. The summed E-state index contributed by atoms with van der Waals surface area (Å²) in [4.78, 5) is 6.82. The molecule has 1 atom stereocenters. The Bertz CT molecular complexity index is 661. The summed E-state index contributed by atoms with van der Waals surface area (Å²) in [5.41, 5.74) is 1.20. The minimum absolute atomic E-state index is 0.191. The lowest BCUT2D eigenvalue weighted by Crippen LogP contribution is -2.44. The summed E-state index contributed by atoms with van der Waals surface area (Å²) in [5.74, 6) is 2.29. The van der Waals surface area contributed by atoms with E-state index in [4.69, 9.17) is 9.26 Å². The Balaban J connectivity index is 1.62. The molecule has 2 aromatic rings. The van der Waals surface area contributed by atoms with Gasteiger partial charge in [0.2, 0.25) is 5.89 Å². The van der Waals surface area contributed by atoms with Gasteiger partial charge in [0.1, 0.15) is 5.75 Å². The first-order chi connectivity index (χ1) is 11.2. The van der Waals surface area contributed by atoms with Crippen LogP contribution in [0.15, 0.2) is 27.2 Å². The molecule has 0 spiro atoms. The second-order valence-corrected chi connectivity index (χ2v) is 6.57. The predicted octanol–water partition coefficient (Wildman–Crippen LogP) is 2.20. The number of aromatic nitrogens is 2. The SMILES string of the molecule is COc1ccc(CCc2nc(C3CNCCN3C)no2)cc1Br. The third-order valence-electron chi connectivity index (χ3n) is 4.14. The highest BCUT2D eigenvalue weighted by Crippen LogP contribution is 2.26. The van der Waals surface area contributed by atoms with Crippen LogP contribution in [0.3, 0.4) is 0 Å². The third kappa shape index (κ3) is 3.91. The highest BCUT2D eigenvalue weighted by atomic mass is 79.9. The van der Waals surface area contributed by atoms with Crippen LogP contribution < -0.4 is 10.1 Å². The van der Waals surface area contributed by atoms with Gasteiger partial charge in [-0.25, -0.2) is 0 Å². The average Bonchev–Trinajstić information content (AvgIpc) is 3.02. The van der Waals surface area contributed by atoms with Crippen LogP contribution in [0.5, 0.6) is 5.75 Å². The van der Waals surface area contributed by atoms with E-state index in [-0.39, 0.29) is 6.04 Å². The summed E-state index contributed by atoms with van der Waals surface area (Å²) in [7, 11) is 3.76. The summed E-state index contributed by atoms with van der Waals surface area (Å²) >= 11 is 3.51. The van der Waals surface area contributed by atoms with Gasteiger partial charge >= 0.3 is 0 Å². The smallest absolute Gasteiger partial charge is 0.227 e. The number of methoxy groups -OCH3 is 1. The number of rotatable bonds is 5. The van der Waals surface area contributed by atoms with Crippen LogP contribution in [0, 0.1) is 0 Å². The normalized spacial score (nSPS) is 19.0. The molecule has 1 N–H and O–H groups in total. The molecule has 0 saturated carbocycles. The zero-order valence-electron chi connectivity index (χ0n) is 13.4. The summed E-state index contributed by atoms with van der Waals surface area (Å²) in [6.45, 7) is 2.86. The van der Waals surface area contributed by atoms with E-state index >= 15 is 0 Å². The number of ether oxygens (including phenoxy) is 1. The number of hydrogen-bond donors (Lipinski definition) is 1. The monoisotopic (exact) mass is 380 g/mol. The fourth-order valence-electron chi connectivity index (χ4n) is 2.72. The molecule has 1 aliphatic rings. The lowest BCUT2D eigenvalue weighted by molar-refractivity contribution is 0.190. The Hall–Kier alpha value is -1.44. The van der Waals surface area contributed by atoms with Crippen LogP contribution in [0.2, 0.25) is 0 Å². The van der Waals surface area contributed by atoms with Gasteiger partial charge in [-0.05, 0) is 47.1 Å². The van der Waals surface area contributed by atoms with Crippen molar-refractivity contribution in [2.24, 2.45) is 0 Å². The summed E-state index contributed by atoms with van der Waals surface area (Å²) in [6, 6.07) is 6.27. The van der Waals surface area contributed by atoms with Gasteiger partial charge in [-0.15, -0.1) is 0 Å². The van der Waals surface area contributed by atoms with E-state index in [1.165, 1.54) is 5.56 Å². The lowest BCUT2D eigenvalue weighted by Gasteiger charge is -2.30. The lowest BCUT2D eigenvalue weighted by atomic mass is 10.1. The van der Waals surface area contributed by atoms with Crippen LogP contribution in [-0.2, 0) is 12.8 Å². The van der Waals surface area contributed by atoms with Gasteiger partial charge in [0.15, 0.2) is 5.82 Å². The van der Waals surface area contributed by atoms with Gasteiger partial charge in [-0.1, -0.05) is 11.2 Å². The quantitative estimate of drug-likeness (QED) is 0.857. The number of benzene rings is 1. The van der Waals surface area contributed by atoms with Gasteiger partial charge in [-0.2, -0.15) is 4.98 Å². The van der Waals surface area contributed by atoms with Crippen LogP contribution in [0.1, 0.15) is 23.3 Å². The van der Waals surface area contributed by atoms with Crippen molar-refractivity contribution in [1.29, 1.82) is 0 Å². The Morgan fingerprint density at radius 2 is 2.30 bits per heavy atom. The van der Waals surface area contributed by atoms with Crippen molar-refractivity contribution in [3.63, 3.8) is 0 Å². The predicted molar refractivity (Wildman–Crippen MR) is 90.6 cm³/mol. The number of halogens is 1. The molecular weight excluding hydrogens is 360 g/mol. The maximum atomic E-state index is 5.41. The molecule has 1 fully saturated rings. The second kappa shape index (κ2) is 7.42. The van der Waals surface area contributed by atoms with Crippen molar-refractivity contribution < 1.29 is 9.26 Å². The molecule has 3 rings (SSSR count). The van der Waals surface area contributed by atoms with Gasteiger partial charge in [-0.3, -0.25) is 4.90 Å². The minimum atomic E-state index is 0.191. The van der Waals surface area contributed by atoms with Crippen molar-refractivity contribution in [2.75, 3.05) is 33.8 Å². The molecule has 0 bridgehead atoms. The Kier molecular flexibility index (Phi) is 5.30. The molecule has 0 aliphatic carbocycles. The van der Waals surface area contributed by atoms with Crippen molar-refractivity contribution in [2.45, 2.75) is 18.9 Å². The van der Waals surface area contributed by atoms with E-state index in [1.807, 2.05) is 6.07 Å². The zero-order chi connectivity index (χ0) is 16.2. The maximum absolute atomic E-state index is 5.41. The van der Waals surface area contributed by atoms with E-state index in [9.17, 15) is 0 Å². The second-order valence-electron chi connectivity index (χ2n) is 5.72. The van der Waals surface area contributed by atoms with Gasteiger partial charge in [0, 0.05) is 26.1 Å². The fraction of sp³-hybridized carbons (Fsp3) is 0.500. The Labute approximate surface area is 144 Å². The molecule has 0 radical (unpaired) electrons. The standard InChI is InChI=1S/C16H21BrN4O2/c1-21-8-7-18-10-13(21)16-19-15(23-20-16)6-4-11-3-5-14(22-2)12(17)9-11/h3,5,9,13,18H,4,6-8,10H2,1-2H3. The molecule has 2 heterocycles. The highest BCUT2D eigenvalue weighted by Gasteiger charge is 2.25. The van der Waals surface area contributed by atoms with E-state index in [2.05, 4.69) is 55.5 Å². The molecule has 23 heavy (non-hydrogen) atoms. The van der Waals surface area contributed by atoms with Crippen molar-refractivity contribution in [3.8, 4) is 5.75 Å². The Morgan fingerprint density at radius 3 is 3.04 bits per heavy atom. The first-order valence-corrected chi connectivity index (χ1v) is 8.52. The molecule has 1 aromatic carbocycles. The van der Waals surface area contributed by atoms with E-state index < -0.39 is 0 Å². The topological polar surface area (TPSA) is 63.4 Å². The minimum Gasteiger partial charge on any atom is -0.496 e. The van der Waals surface area contributed by atoms with Gasteiger partial charge in [0.05, 0.1) is 17.6 Å². The average molecular weight is 381 g/mol. The Morgan fingerprint density at radius 1 is 1.43 bits per heavy atom. The molecule has 6 nitrogen and oxygen atoms in total. The summed E-state index contributed by atoms with van der Waals surface area (Å²) < 4.78 is 11.6. The molecular formula is C16H21BrN4O2. The molecule has 1 aromatic heterocycles. The first kappa shape index (κ1) is 16.4. The number of nitrogens with one attached hydrogen (secondary N) is 1. The van der Waals surface area contributed by atoms with Gasteiger partial charge in [0.25, 0.3) is 0 Å². The van der Waals surface area contributed by atoms with Gasteiger partial charge < -0.3 is 14.6 Å². The molecule has 1 unspecified atom stereocenters. The molecule has 124 valence electrons. The third-order valence-corrected chi connectivity index (χ3v) is 4.76. The van der Waals surface area contributed by atoms with Crippen molar-refractivity contribution >= 4 is 15.9 Å². The number of likely N-dealkylation sites (N-methyl/N-ethyl adjacent to an activating group) is 1. The number of aryl methyl sites for hydroxylation is 2. The molecule has 1 saturated heterocycles. The van der Waals surface area contributed by atoms with E-state index in [1.54, 1.807) is 7.11 Å². The van der Waals surface area contributed by atoms with Crippen LogP contribution in [0.4, 0.5) is 0 Å². The van der Waals surface area contributed by atoms with Crippen LogP contribution in [-0.4, -0.2) is 48.8 Å². The van der Waals surface area contributed by atoms with Crippen LogP contribution >= 0.6 is 15.9 Å². The van der Waals surface area contributed by atoms with Crippen LogP contribution in [0.25, 0.3) is 0 Å². The molecule has 1 aliphatic heterocycles. The number of piperazine rings is 1. The fourth-order valence-corrected chi connectivity index (χ4v) is 3.30. The highest BCUT2D eigenvalue weighted by molar-refractivity contribution is 9.10. The molecule has 7 heteroatoms. The summed E-state index contributed by atoms with van der Waals surface area (Å²) in [5, 5.41) is 7.52. The van der Waals surface area contributed by atoms with Crippen molar-refractivity contribution in [3.05, 3.63) is 40.0 Å². The number of hydrogen-bond acceptors (Lipinski definition) is 6. The van der Waals surface area contributed by atoms with Crippen molar-refractivity contribution in [1.82, 2.24) is 20.4 Å². The molecule has 0 amide bonds. The van der Waals surface area contributed by atoms with E-state index in [0.29, 0.717) is 5.89 Å². The van der Waals surface area contributed by atoms with E-state index in [0.717, 1.165) is 48.5 Å². The summed E-state index contributed by atoms with van der Waals surface area (Å²) in [6.07, 6.45) is 1.58. The largest absolute Gasteiger partial charge is 0.496 e.